The van der Waals surface area contributed by atoms with Gasteiger partial charge in [0, 0.05) is 11.6 Å². The van der Waals surface area contributed by atoms with Gasteiger partial charge in [-0.15, -0.1) is 0 Å². The molecule has 0 aromatic heterocycles. The van der Waals surface area contributed by atoms with Crippen molar-refractivity contribution >= 4 is 23.2 Å². The van der Waals surface area contributed by atoms with Crippen molar-refractivity contribution in [2.45, 2.75) is 26.3 Å². The van der Waals surface area contributed by atoms with Gasteiger partial charge >= 0.3 is 0 Å². The lowest BCUT2D eigenvalue weighted by atomic mass is 10.1. The molecular formula is C13H18FN3O2S. The number of benzene rings is 1. The second kappa shape index (κ2) is 6.51. The third-order valence-corrected chi connectivity index (χ3v) is 2.40. The van der Waals surface area contributed by atoms with E-state index in [1.807, 2.05) is 20.8 Å². The third-order valence-electron chi connectivity index (χ3n) is 2.20. The summed E-state index contributed by atoms with van der Waals surface area (Å²) in [6.07, 6.45) is 0. The van der Waals surface area contributed by atoms with Crippen LogP contribution in [0, 0.1) is 5.82 Å². The standard InChI is InChI=1S/C13H18FN3O2S/c1-13(2,3)15-12(20)17-16-11(18)9-6-5-8(19-4)7-10(9)14/h5-7H,1-4H3,(H,16,18)(H2,15,17,20). The number of hydrogen-bond acceptors (Lipinski definition) is 3. The summed E-state index contributed by atoms with van der Waals surface area (Å²) in [7, 11) is 1.42. The van der Waals surface area contributed by atoms with Crippen LogP contribution in [0.4, 0.5) is 4.39 Å². The van der Waals surface area contributed by atoms with Gasteiger partial charge in [0.05, 0.1) is 12.7 Å². The van der Waals surface area contributed by atoms with E-state index in [9.17, 15) is 9.18 Å². The fourth-order valence-corrected chi connectivity index (χ4v) is 1.72. The molecule has 0 unspecified atom stereocenters. The van der Waals surface area contributed by atoms with E-state index in [0.717, 1.165) is 6.07 Å². The smallest absolute Gasteiger partial charge is 0.272 e. The van der Waals surface area contributed by atoms with Gasteiger partial charge < -0.3 is 10.1 Å². The van der Waals surface area contributed by atoms with E-state index in [2.05, 4.69) is 16.2 Å². The van der Waals surface area contributed by atoms with Gasteiger partial charge in [-0.1, -0.05) is 0 Å². The van der Waals surface area contributed by atoms with E-state index in [0.29, 0.717) is 5.75 Å². The first-order chi connectivity index (χ1) is 9.23. The highest BCUT2D eigenvalue weighted by atomic mass is 32.1. The minimum atomic E-state index is -0.668. The molecule has 5 nitrogen and oxygen atoms in total. The number of nitrogens with one attached hydrogen (secondary N) is 3. The maximum Gasteiger partial charge on any atom is 0.272 e. The van der Waals surface area contributed by atoms with Crippen molar-refractivity contribution in [2.24, 2.45) is 0 Å². The van der Waals surface area contributed by atoms with Crippen LogP contribution in [0.1, 0.15) is 31.1 Å². The summed E-state index contributed by atoms with van der Waals surface area (Å²) in [6.45, 7) is 5.77. The molecule has 20 heavy (non-hydrogen) atoms. The maximum absolute atomic E-state index is 13.7. The zero-order valence-electron chi connectivity index (χ0n) is 11.8. The summed E-state index contributed by atoms with van der Waals surface area (Å²) in [5.74, 6) is -0.946. The van der Waals surface area contributed by atoms with Crippen molar-refractivity contribution in [3.05, 3.63) is 29.6 Å². The minimum absolute atomic E-state index is 0.100. The van der Waals surface area contributed by atoms with E-state index >= 15 is 0 Å². The van der Waals surface area contributed by atoms with E-state index in [1.54, 1.807) is 0 Å². The number of methoxy groups -OCH3 is 1. The molecule has 0 spiro atoms. The van der Waals surface area contributed by atoms with Gasteiger partial charge in [0.2, 0.25) is 0 Å². The van der Waals surface area contributed by atoms with E-state index < -0.39 is 11.7 Å². The molecule has 7 heteroatoms. The lowest BCUT2D eigenvalue weighted by Crippen LogP contribution is -2.52. The van der Waals surface area contributed by atoms with Crippen molar-refractivity contribution in [3.63, 3.8) is 0 Å². The Labute approximate surface area is 122 Å². The molecule has 0 aliphatic rings. The highest BCUT2D eigenvalue weighted by molar-refractivity contribution is 7.80. The maximum atomic E-state index is 13.7. The monoisotopic (exact) mass is 299 g/mol. The zero-order valence-corrected chi connectivity index (χ0v) is 12.7. The number of carbonyl (C=O) groups excluding carboxylic acids is 1. The first-order valence-electron chi connectivity index (χ1n) is 5.95. The third kappa shape index (κ3) is 5.00. The fourth-order valence-electron chi connectivity index (χ4n) is 1.36. The number of hydrazine groups is 1. The van der Waals surface area contributed by atoms with Gasteiger partial charge in [-0.05, 0) is 45.1 Å². The van der Waals surface area contributed by atoms with Gasteiger partial charge in [0.15, 0.2) is 5.11 Å². The van der Waals surface area contributed by atoms with Crippen LogP contribution in [0.25, 0.3) is 0 Å². The fraction of sp³-hybridized carbons (Fsp3) is 0.385. The molecule has 0 aliphatic heterocycles. The zero-order chi connectivity index (χ0) is 15.3. The quantitative estimate of drug-likeness (QED) is 0.573. The summed E-state index contributed by atoms with van der Waals surface area (Å²) < 4.78 is 18.5. The Kier molecular flexibility index (Phi) is 5.26. The van der Waals surface area contributed by atoms with Crippen LogP contribution < -0.4 is 20.9 Å². The molecule has 0 saturated heterocycles. The molecule has 110 valence electrons. The Balaban J connectivity index is 2.61. The molecule has 3 N–H and O–H groups in total. The molecule has 1 aromatic carbocycles. The molecule has 0 atom stereocenters. The number of hydrogen-bond donors (Lipinski definition) is 3. The summed E-state index contributed by atoms with van der Waals surface area (Å²) in [5, 5.41) is 3.20. The highest BCUT2D eigenvalue weighted by Crippen LogP contribution is 2.15. The molecule has 0 radical (unpaired) electrons. The van der Waals surface area contributed by atoms with Crippen LogP contribution in [0.5, 0.6) is 5.75 Å². The number of carbonyl (C=O) groups is 1. The first kappa shape index (κ1) is 16.2. The van der Waals surface area contributed by atoms with Gasteiger partial charge in [0.25, 0.3) is 5.91 Å². The second-order valence-corrected chi connectivity index (χ2v) is 5.54. The molecule has 0 fully saturated rings. The first-order valence-corrected chi connectivity index (χ1v) is 6.36. The predicted octanol–water partition coefficient (Wildman–Crippen LogP) is 1.74. The SMILES string of the molecule is COc1ccc(C(=O)NNC(=S)NC(C)(C)C)c(F)c1. The molecule has 0 heterocycles. The lowest BCUT2D eigenvalue weighted by molar-refractivity contribution is 0.0939. The molecule has 1 rings (SSSR count). The second-order valence-electron chi connectivity index (χ2n) is 5.13. The number of halogens is 1. The Bertz CT molecular complexity index is 515. The average molecular weight is 299 g/mol. The summed E-state index contributed by atoms with van der Waals surface area (Å²) in [5.41, 5.74) is 4.51. The minimum Gasteiger partial charge on any atom is -0.497 e. The molecule has 1 aromatic rings. The number of amides is 1. The molecule has 0 bridgehead atoms. The Morgan fingerprint density at radius 1 is 1.30 bits per heavy atom. The van der Waals surface area contributed by atoms with E-state index in [4.69, 9.17) is 17.0 Å². The largest absolute Gasteiger partial charge is 0.497 e. The Hall–Kier alpha value is -1.89. The van der Waals surface area contributed by atoms with Crippen molar-refractivity contribution in [1.82, 2.24) is 16.2 Å². The van der Waals surface area contributed by atoms with Crippen molar-refractivity contribution in [1.29, 1.82) is 0 Å². The molecule has 0 aliphatic carbocycles. The Morgan fingerprint density at radius 2 is 1.95 bits per heavy atom. The number of ether oxygens (including phenoxy) is 1. The van der Waals surface area contributed by atoms with E-state index in [-0.39, 0.29) is 16.2 Å². The van der Waals surface area contributed by atoms with Crippen LogP contribution in [0.3, 0.4) is 0 Å². The van der Waals surface area contributed by atoms with Crippen LogP contribution in [0.2, 0.25) is 0 Å². The van der Waals surface area contributed by atoms with E-state index in [1.165, 1.54) is 19.2 Å². The van der Waals surface area contributed by atoms with Gasteiger partial charge in [0.1, 0.15) is 11.6 Å². The van der Waals surface area contributed by atoms with Crippen molar-refractivity contribution in [3.8, 4) is 5.75 Å². The van der Waals surface area contributed by atoms with Gasteiger partial charge in [-0.3, -0.25) is 15.6 Å². The molecular weight excluding hydrogens is 281 g/mol. The summed E-state index contributed by atoms with van der Waals surface area (Å²) in [6, 6.07) is 3.98. The topological polar surface area (TPSA) is 62.4 Å². The van der Waals surface area contributed by atoms with Crippen molar-refractivity contribution in [2.75, 3.05) is 7.11 Å². The number of rotatable bonds is 2. The normalized spacial score (nSPS) is 10.7. The van der Waals surface area contributed by atoms with Crippen LogP contribution >= 0.6 is 12.2 Å². The number of thiocarbonyl (C=S) groups is 1. The lowest BCUT2D eigenvalue weighted by Gasteiger charge is -2.23. The predicted molar refractivity (Wildman–Crippen MR) is 79.0 cm³/mol. The average Bonchev–Trinajstić information content (AvgIpc) is 2.33. The van der Waals surface area contributed by atoms with Gasteiger partial charge in [-0.2, -0.15) is 0 Å². The van der Waals surface area contributed by atoms with Crippen molar-refractivity contribution < 1.29 is 13.9 Å². The summed E-state index contributed by atoms with van der Waals surface area (Å²) in [4.78, 5) is 11.8. The summed E-state index contributed by atoms with van der Waals surface area (Å²) >= 11 is 4.99. The molecule has 0 saturated carbocycles. The van der Waals surface area contributed by atoms with Crippen LogP contribution in [-0.4, -0.2) is 23.7 Å². The molecule has 1 amide bonds. The van der Waals surface area contributed by atoms with Crippen LogP contribution in [0.15, 0.2) is 18.2 Å². The van der Waals surface area contributed by atoms with Gasteiger partial charge in [-0.25, -0.2) is 4.39 Å². The Morgan fingerprint density at radius 3 is 2.45 bits per heavy atom. The van der Waals surface area contributed by atoms with Crippen LogP contribution in [-0.2, 0) is 0 Å². The highest BCUT2D eigenvalue weighted by Gasteiger charge is 2.14.